The van der Waals surface area contributed by atoms with Gasteiger partial charge in [-0.2, -0.15) is 0 Å². The molecule has 0 saturated carbocycles. The maximum absolute atomic E-state index is 11.3. The number of hydrogen-bond acceptors (Lipinski definition) is 3. The average Bonchev–Trinajstić information content (AvgIpc) is 2.24. The van der Waals surface area contributed by atoms with E-state index in [-0.39, 0.29) is 18.1 Å². The molecule has 1 aromatic rings. The molecular weight excluding hydrogens is 204 g/mol. The van der Waals surface area contributed by atoms with E-state index >= 15 is 0 Å². The standard InChI is InChI=1S/C13H16O3/c1-3-5-11-8-10(6-7-12(11)14)9-13(15)16-4-2/h3,6-8,14H,1,4-5,9H2,2H3. The normalized spacial score (nSPS) is 9.81. The van der Waals surface area contributed by atoms with Crippen molar-refractivity contribution in [3.05, 3.63) is 42.0 Å². The fourth-order valence-electron chi connectivity index (χ4n) is 1.45. The predicted molar refractivity (Wildman–Crippen MR) is 62.3 cm³/mol. The molecule has 0 radical (unpaired) electrons. The predicted octanol–water partition coefficient (Wildman–Crippen LogP) is 2.23. The van der Waals surface area contributed by atoms with Crippen molar-refractivity contribution in [2.75, 3.05) is 6.61 Å². The summed E-state index contributed by atoms with van der Waals surface area (Å²) in [4.78, 5) is 11.3. The van der Waals surface area contributed by atoms with E-state index in [1.807, 2.05) is 0 Å². The number of benzene rings is 1. The average molecular weight is 220 g/mol. The van der Waals surface area contributed by atoms with E-state index in [9.17, 15) is 9.90 Å². The van der Waals surface area contributed by atoms with Crippen molar-refractivity contribution in [2.24, 2.45) is 0 Å². The third-order valence-electron chi connectivity index (χ3n) is 2.16. The van der Waals surface area contributed by atoms with Crippen molar-refractivity contribution in [3.63, 3.8) is 0 Å². The molecule has 0 spiro atoms. The number of hydrogen-bond donors (Lipinski definition) is 1. The number of phenols is 1. The molecule has 0 unspecified atom stereocenters. The largest absolute Gasteiger partial charge is 0.508 e. The van der Waals surface area contributed by atoms with Gasteiger partial charge in [0.05, 0.1) is 13.0 Å². The molecule has 0 saturated heterocycles. The molecular formula is C13H16O3. The minimum absolute atomic E-state index is 0.229. The van der Waals surface area contributed by atoms with Crippen molar-refractivity contribution in [1.29, 1.82) is 0 Å². The Hall–Kier alpha value is -1.77. The highest BCUT2D eigenvalue weighted by atomic mass is 16.5. The molecule has 0 amide bonds. The number of carbonyl (C=O) groups excluding carboxylic acids is 1. The second kappa shape index (κ2) is 5.95. The van der Waals surface area contributed by atoms with Crippen molar-refractivity contribution in [2.45, 2.75) is 19.8 Å². The smallest absolute Gasteiger partial charge is 0.310 e. The van der Waals surface area contributed by atoms with Gasteiger partial charge < -0.3 is 9.84 Å². The monoisotopic (exact) mass is 220 g/mol. The van der Waals surface area contributed by atoms with Crippen molar-refractivity contribution in [1.82, 2.24) is 0 Å². The second-order valence-corrected chi connectivity index (χ2v) is 3.44. The van der Waals surface area contributed by atoms with Crippen LogP contribution in [0.4, 0.5) is 0 Å². The number of esters is 1. The Bertz CT molecular complexity index is 383. The summed E-state index contributed by atoms with van der Waals surface area (Å²) < 4.78 is 4.85. The van der Waals surface area contributed by atoms with Crippen LogP contribution >= 0.6 is 0 Å². The van der Waals surface area contributed by atoms with E-state index in [1.54, 1.807) is 31.2 Å². The molecule has 0 aliphatic rings. The van der Waals surface area contributed by atoms with Gasteiger partial charge in [0.15, 0.2) is 0 Å². The first-order chi connectivity index (χ1) is 7.67. The van der Waals surface area contributed by atoms with Crippen molar-refractivity contribution < 1.29 is 14.6 Å². The van der Waals surface area contributed by atoms with Gasteiger partial charge in [-0.25, -0.2) is 0 Å². The molecule has 0 bridgehead atoms. The fraction of sp³-hybridized carbons (Fsp3) is 0.308. The molecule has 0 aromatic heterocycles. The molecule has 3 heteroatoms. The van der Waals surface area contributed by atoms with E-state index in [0.29, 0.717) is 13.0 Å². The summed E-state index contributed by atoms with van der Waals surface area (Å²) in [5.41, 5.74) is 1.62. The van der Waals surface area contributed by atoms with Crippen LogP contribution < -0.4 is 0 Å². The van der Waals surface area contributed by atoms with Crippen LogP contribution in [0.15, 0.2) is 30.9 Å². The lowest BCUT2D eigenvalue weighted by molar-refractivity contribution is -0.142. The molecule has 0 aliphatic heterocycles. The van der Waals surface area contributed by atoms with Gasteiger partial charge in [0, 0.05) is 0 Å². The number of aromatic hydroxyl groups is 1. The zero-order valence-electron chi connectivity index (χ0n) is 9.40. The first-order valence-corrected chi connectivity index (χ1v) is 5.24. The van der Waals surface area contributed by atoms with Crippen molar-refractivity contribution >= 4 is 5.97 Å². The van der Waals surface area contributed by atoms with E-state index in [2.05, 4.69) is 6.58 Å². The quantitative estimate of drug-likeness (QED) is 0.611. The highest BCUT2D eigenvalue weighted by Crippen LogP contribution is 2.19. The minimum atomic E-state index is -0.252. The summed E-state index contributed by atoms with van der Waals surface area (Å²) in [6.07, 6.45) is 2.53. The molecule has 3 nitrogen and oxygen atoms in total. The zero-order chi connectivity index (χ0) is 12.0. The Morgan fingerprint density at radius 1 is 1.56 bits per heavy atom. The molecule has 1 N–H and O–H groups in total. The lowest BCUT2D eigenvalue weighted by Gasteiger charge is -2.06. The van der Waals surface area contributed by atoms with Gasteiger partial charge in [0.1, 0.15) is 5.75 Å². The maximum Gasteiger partial charge on any atom is 0.310 e. The van der Waals surface area contributed by atoms with Gasteiger partial charge in [0.25, 0.3) is 0 Å². The van der Waals surface area contributed by atoms with E-state index in [0.717, 1.165) is 11.1 Å². The lowest BCUT2D eigenvalue weighted by Crippen LogP contribution is -2.07. The molecule has 0 fully saturated rings. The van der Waals surface area contributed by atoms with Gasteiger partial charge in [-0.3, -0.25) is 4.79 Å². The summed E-state index contributed by atoms with van der Waals surface area (Å²) in [6, 6.07) is 5.11. The highest BCUT2D eigenvalue weighted by molar-refractivity contribution is 5.72. The Labute approximate surface area is 95.4 Å². The maximum atomic E-state index is 11.3. The van der Waals surface area contributed by atoms with Gasteiger partial charge in [-0.05, 0) is 30.5 Å². The Morgan fingerprint density at radius 3 is 2.94 bits per heavy atom. The van der Waals surface area contributed by atoms with Gasteiger partial charge in [0.2, 0.25) is 0 Å². The lowest BCUT2D eigenvalue weighted by atomic mass is 10.0. The summed E-state index contributed by atoms with van der Waals surface area (Å²) in [5.74, 6) is -0.0229. The molecule has 0 atom stereocenters. The topological polar surface area (TPSA) is 46.5 Å². The zero-order valence-corrected chi connectivity index (χ0v) is 9.40. The first kappa shape index (κ1) is 12.3. The van der Waals surface area contributed by atoms with Crippen molar-refractivity contribution in [3.8, 4) is 5.75 Å². The van der Waals surface area contributed by atoms with Crippen LogP contribution in [0.1, 0.15) is 18.1 Å². The number of ether oxygens (including phenoxy) is 1. The van der Waals surface area contributed by atoms with E-state index in [1.165, 1.54) is 0 Å². The summed E-state index contributed by atoms with van der Waals surface area (Å²) in [5, 5.41) is 9.54. The highest BCUT2D eigenvalue weighted by Gasteiger charge is 2.06. The third kappa shape index (κ3) is 3.42. The van der Waals surface area contributed by atoms with Gasteiger partial charge in [-0.15, -0.1) is 6.58 Å². The molecule has 0 heterocycles. The summed E-state index contributed by atoms with van der Waals surface area (Å²) in [7, 11) is 0. The Morgan fingerprint density at radius 2 is 2.31 bits per heavy atom. The van der Waals surface area contributed by atoms with Crippen LogP contribution in [0.2, 0.25) is 0 Å². The van der Waals surface area contributed by atoms with Crippen LogP contribution in [-0.2, 0) is 22.4 Å². The van der Waals surface area contributed by atoms with Crippen LogP contribution in [0.3, 0.4) is 0 Å². The van der Waals surface area contributed by atoms with E-state index in [4.69, 9.17) is 4.74 Å². The van der Waals surface area contributed by atoms with Crippen LogP contribution in [0, 0.1) is 0 Å². The SMILES string of the molecule is C=CCc1cc(CC(=O)OCC)ccc1O. The van der Waals surface area contributed by atoms with Crippen LogP contribution in [-0.4, -0.2) is 17.7 Å². The number of rotatable bonds is 5. The van der Waals surface area contributed by atoms with Gasteiger partial charge in [-0.1, -0.05) is 18.2 Å². The molecule has 1 aromatic carbocycles. The number of carbonyl (C=O) groups is 1. The fourth-order valence-corrected chi connectivity index (χ4v) is 1.45. The van der Waals surface area contributed by atoms with Crippen LogP contribution in [0.5, 0.6) is 5.75 Å². The Kier molecular flexibility index (Phi) is 4.58. The van der Waals surface area contributed by atoms with Gasteiger partial charge >= 0.3 is 5.97 Å². The van der Waals surface area contributed by atoms with E-state index < -0.39 is 0 Å². The summed E-state index contributed by atoms with van der Waals surface area (Å²) in [6.45, 7) is 5.78. The molecule has 16 heavy (non-hydrogen) atoms. The minimum Gasteiger partial charge on any atom is -0.508 e. The number of phenolic OH excluding ortho intramolecular Hbond substituents is 1. The molecule has 1 rings (SSSR count). The summed E-state index contributed by atoms with van der Waals surface area (Å²) >= 11 is 0. The molecule has 0 aliphatic carbocycles. The first-order valence-electron chi connectivity index (χ1n) is 5.24. The third-order valence-corrected chi connectivity index (χ3v) is 2.16. The Balaban J connectivity index is 2.77. The number of allylic oxidation sites excluding steroid dienone is 1. The molecule has 86 valence electrons. The van der Waals surface area contributed by atoms with Crippen LogP contribution in [0.25, 0.3) is 0 Å². The second-order valence-electron chi connectivity index (χ2n) is 3.44.